The summed E-state index contributed by atoms with van der Waals surface area (Å²) in [6.45, 7) is 2.43. The molecule has 3 fully saturated rings. The standard InChI is InChI=1S/C17H18FN3O3.C6H12O6/c18-13-7-11-14(8-15(13)20-5-3-19-4-6-20)21(10-1-2-10)9-12(16(11)22)17(23)24;7-1-2-3(8)4(9)5(10)6(11)12-2/h7-10,19H,1-6H2,(H,23,24);2-11H,1H2/t;2-,3-,4+,5-,6?/m.1/s1. The molecule has 7 N–H and O–H groups in total. The third kappa shape index (κ3) is 5.22. The van der Waals surface area contributed by atoms with Crippen molar-refractivity contribution in [3.05, 3.63) is 39.9 Å². The van der Waals surface area contributed by atoms with Gasteiger partial charge >= 0.3 is 5.97 Å². The van der Waals surface area contributed by atoms with Crippen LogP contribution in [0.2, 0.25) is 0 Å². The summed E-state index contributed by atoms with van der Waals surface area (Å²) in [5, 5.41) is 57.3. The van der Waals surface area contributed by atoms with Crippen LogP contribution in [0.25, 0.3) is 10.9 Å². The largest absolute Gasteiger partial charge is 0.477 e. The zero-order valence-corrected chi connectivity index (χ0v) is 19.3. The van der Waals surface area contributed by atoms with Crippen LogP contribution >= 0.6 is 0 Å². The van der Waals surface area contributed by atoms with Gasteiger partial charge in [0.05, 0.1) is 17.8 Å². The molecule has 0 amide bonds. The minimum atomic E-state index is -1.57. The topological polar surface area (TPSA) is 185 Å². The molecule has 1 aliphatic carbocycles. The second-order valence-electron chi connectivity index (χ2n) is 9.09. The van der Waals surface area contributed by atoms with Crippen molar-refractivity contribution in [2.24, 2.45) is 0 Å². The number of hydrogen-bond acceptors (Lipinski definition) is 10. The lowest BCUT2D eigenvalue weighted by Crippen LogP contribution is -2.58. The Balaban J connectivity index is 0.000000214. The number of fused-ring (bicyclic) bond motifs is 1. The van der Waals surface area contributed by atoms with Crippen LogP contribution in [0, 0.1) is 5.82 Å². The van der Waals surface area contributed by atoms with E-state index >= 15 is 0 Å². The molecule has 3 aliphatic rings. The smallest absolute Gasteiger partial charge is 0.341 e. The van der Waals surface area contributed by atoms with Crippen molar-refractivity contribution in [1.82, 2.24) is 9.88 Å². The fraction of sp³-hybridized carbons (Fsp3) is 0.565. The van der Waals surface area contributed by atoms with E-state index in [4.69, 9.17) is 25.5 Å². The number of aliphatic hydroxyl groups is 5. The number of anilines is 1. The van der Waals surface area contributed by atoms with Crippen molar-refractivity contribution in [3.63, 3.8) is 0 Å². The highest BCUT2D eigenvalue weighted by molar-refractivity contribution is 5.93. The quantitative estimate of drug-likeness (QED) is 0.250. The van der Waals surface area contributed by atoms with Gasteiger partial charge in [-0.05, 0) is 25.0 Å². The van der Waals surface area contributed by atoms with Crippen LogP contribution in [0.4, 0.5) is 10.1 Å². The zero-order valence-electron chi connectivity index (χ0n) is 19.3. The minimum Gasteiger partial charge on any atom is -0.477 e. The zero-order chi connectivity index (χ0) is 26.1. The molecular weight excluding hydrogens is 481 g/mol. The lowest BCUT2D eigenvalue weighted by Gasteiger charge is -2.37. The molecule has 0 spiro atoms. The summed E-state index contributed by atoms with van der Waals surface area (Å²) in [6.07, 6.45) is -3.75. The maximum absolute atomic E-state index is 14.6. The number of hydrogen-bond donors (Lipinski definition) is 7. The molecule has 2 aliphatic heterocycles. The molecule has 5 atom stereocenters. The van der Waals surface area contributed by atoms with Gasteiger partial charge in [0.25, 0.3) is 0 Å². The number of ether oxygens (including phenoxy) is 1. The number of rotatable bonds is 4. The number of pyridine rings is 1. The van der Waals surface area contributed by atoms with Crippen LogP contribution in [0.15, 0.2) is 23.1 Å². The normalized spacial score (nSPS) is 28.5. The van der Waals surface area contributed by atoms with E-state index in [2.05, 4.69) is 10.1 Å². The number of benzene rings is 1. The highest BCUT2D eigenvalue weighted by atomic mass is 19.1. The molecular formula is C23H30FN3O9. The number of aromatic nitrogens is 1. The van der Waals surface area contributed by atoms with Crippen LogP contribution in [-0.4, -0.2) is 105 Å². The van der Waals surface area contributed by atoms with Crippen molar-refractivity contribution in [1.29, 1.82) is 0 Å². The van der Waals surface area contributed by atoms with Gasteiger partial charge in [0.2, 0.25) is 5.43 Å². The summed E-state index contributed by atoms with van der Waals surface area (Å²) in [5.41, 5.74) is 0.159. The van der Waals surface area contributed by atoms with E-state index in [1.807, 2.05) is 9.47 Å². The van der Waals surface area contributed by atoms with Crippen molar-refractivity contribution >= 4 is 22.6 Å². The number of aromatic carboxylic acids is 1. The number of carboxylic acid groups (broad SMARTS) is 1. The average molecular weight is 512 g/mol. The van der Waals surface area contributed by atoms with E-state index in [0.29, 0.717) is 24.3 Å². The molecule has 2 saturated heterocycles. The van der Waals surface area contributed by atoms with Gasteiger partial charge in [-0.3, -0.25) is 4.79 Å². The van der Waals surface area contributed by atoms with E-state index in [-0.39, 0.29) is 17.0 Å². The van der Waals surface area contributed by atoms with Crippen LogP contribution in [0.1, 0.15) is 29.2 Å². The second-order valence-corrected chi connectivity index (χ2v) is 9.09. The van der Waals surface area contributed by atoms with Gasteiger partial charge in [0, 0.05) is 43.8 Å². The molecule has 36 heavy (non-hydrogen) atoms. The molecule has 2 aromatic rings. The molecule has 5 rings (SSSR count). The predicted octanol–water partition coefficient (Wildman–Crippen LogP) is -1.64. The van der Waals surface area contributed by atoms with E-state index in [0.717, 1.165) is 25.9 Å². The van der Waals surface area contributed by atoms with Crippen molar-refractivity contribution < 1.29 is 44.6 Å². The highest BCUT2D eigenvalue weighted by Crippen LogP contribution is 2.38. The van der Waals surface area contributed by atoms with E-state index in [9.17, 15) is 19.1 Å². The monoisotopic (exact) mass is 511 g/mol. The molecule has 0 bridgehead atoms. The van der Waals surface area contributed by atoms with Gasteiger partial charge in [-0.1, -0.05) is 0 Å². The van der Waals surface area contributed by atoms with Crippen LogP contribution in [-0.2, 0) is 4.74 Å². The van der Waals surface area contributed by atoms with Gasteiger partial charge in [0.1, 0.15) is 35.8 Å². The first kappa shape index (κ1) is 26.4. The molecule has 3 heterocycles. The number of carbonyl (C=O) groups is 1. The Bertz CT molecular complexity index is 1160. The Labute approximate surface area is 204 Å². The Morgan fingerprint density at radius 3 is 2.33 bits per heavy atom. The fourth-order valence-electron chi connectivity index (χ4n) is 4.40. The summed E-state index contributed by atoms with van der Waals surface area (Å²) >= 11 is 0. The van der Waals surface area contributed by atoms with Gasteiger partial charge < -0.3 is 50.2 Å². The Hall–Kier alpha value is -2.65. The van der Waals surface area contributed by atoms with E-state index < -0.39 is 54.5 Å². The van der Waals surface area contributed by atoms with Crippen molar-refractivity contribution in [2.75, 3.05) is 37.7 Å². The lowest BCUT2D eigenvalue weighted by molar-refractivity contribution is -0.286. The maximum atomic E-state index is 14.6. The van der Waals surface area contributed by atoms with Gasteiger partial charge in [-0.25, -0.2) is 9.18 Å². The maximum Gasteiger partial charge on any atom is 0.341 e. The number of piperazine rings is 1. The minimum absolute atomic E-state index is 0.137. The predicted molar refractivity (Wildman–Crippen MR) is 124 cm³/mol. The molecule has 1 aromatic carbocycles. The van der Waals surface area contributed by atoms with Gasteiger partial charge in [0.15, 0.2) is 6.29 Å². The van der Waals surface area contributed by atoms with Crippen molar-refractivity contribution in [2.45, 2.75) is 49.6 Å². The van der Waals surface area contributed by atoms with Gasteiger partial charge in [-0.2, -0.15) is 0 Å². The number of nitrogens with one attached hydrogen (secondary N) is 1. The molecule has 1 aromatic heterocycles. The summed E-state index contributed by atoms with van der Waals surface area (Å²) < 4.78 is 21.0. The molecule has 0 radical (unpaired) electrons. The SMILES string of the molecule is O=C(O)c1cn(C2CC2)c2cc(N3CCNCC3)c(F)cc2c1=O.OC[C@H]1OC(O)[C@H](O)[C@@H](O)[C@@H]1O. The van der Waals surface area contributed by atoms with Crippen LogP contribution < -0.4 is 15.6 Å². The first-order valence-corrected chi connectivity index (χ1v) is 11.7. The summed E-state index contributed by atoms with van der Waals surface area (Å²) in [7, 11) is 0. The fourth-order valence-corrected chi connectivity index (χ4v) is 4.40. The number of nitrogens with zero attached hydrogens (tertiary/aromatic N) is 2. The van der Waals surface area contributed by atoms with E-state index in [1.165, 1.54) is 12.3 Å². The third-order valence-corrected chi connectivity index (χ3v) is 6.60. The molecule has 198 valence electrons. The van der Waals surface area contributed by atoms with Gasteiger partial charge in [-0.15, -0.1) is 0 Å². The Morgan fingerprint density at radius 2 is 1.75 bits per heavy atom. The number of carboxylic acids is 1. The Kier molecular flexibility index (Phi) is 7.90. The second kappa shape index (κ2) is 10.8. The molecule has 1 saturated carbocycles. The Morgan fingerprint density at radius 1 is 1.08 bits per heavy atom. The summed E-state index contributed by atoms with van der Waals surface area (Å²) in [5.74, 6) is -1.76. The number of aliphatic hydroxyl groups excluding tert-OH is 5. The first-order valence-electron chi connectivity index (χ1n) is 11.7. The van der Waals surface area contributed by atoms with Crippen LogP contribution in [0.3, 0.4) is 0 Å². The average Bonchev–Trinajstić information content (AvgIpc) is 3.71. The summed E-state index contributed by atoms with van der Waals surface area (Å²) in [6, 6.07) is 3.08. The molecule has 1 unspecified atom stereocenters. The summed E-state index contributed by atoms with van der Waals surface area (Å²) in [4.78, 5) is 25.7. The molecule has 12 nitrogen and oxygen atoms in total. The first-order chi connectivity index (χ1) is 17.1. The van der Waals surface area contributed by atoms with Crippen molar-refractivity contribution in [3.8, 4) is 0 Å². The lowest BCUT2D eigenvalue weighted by atomic mass is 10.00. The van der Waals surface area contributed by atoms with Crippen LogP contribution in [0.5, 0.6) is 0 Å². The molecule has 13 heteroatoms. The number of halogens is 1. The highest BCUT2D eigenvalue weighted by Gasteiger charge is 2.42. The third-order valence-electron chi connectivity index (χ3n) is 6.60. The van der Waals surface area contributed by atoms with E-state index in [1.54, 1.807) is 6.07 Å².